The first kappa shape index (κ1) is 8.48. The highest BCUT2D eigenvalue weighted by Gasteiger charge is 2.14. The van der Waals surface area contributed by atoms with E-state index < -0.39 is 12.2 Å². The Morgan fingerprint density at radius 3 is 1.80 bits per heavy atom. The van der Waals surface area contributed by atoms with E-state index in [2.05, 4.69) is 0 Å². The number of nitrogens with zero attached hydrogens (tertiary/aromatic N) is 1. The Hall–Kier alpha value is -1.52. The molecular weight excluding hydrogens is 138 g/mol. The third-order valence-corrected chi connectivity index (χ3v) is 0.710. The SMILES string of the molecule is CC=CN(C(=O)O)C(=O)O. The molecule has 0 saturated carbocycles. The van der Waals surface area contributed by atoms with Gasteiger partial charge in [-0.2, -0.15) is 4.90 Å². The van der Waals surface area contributed by atoms with Crippen molar-refractivity contribution in [1.29, 1.82) is 0 Å². The Kier molecular flexibility index (Phi) is 2.96. The zero-order valence-electron chi connectivity index (χ0n) is 5.31. The van der Waals surface area contributed by atoms with Crippen LogP contribution in [0.1, 0.15) is 6.92 Å². The lowest BCUT2D eigenvalue weighted by Crippen LogP contribution is -2.28. The fourth-order valence-corrected chi connectivity index (χ4v) is 0.358. The molecule has 0 heterocycles. The van der Waals surface area contributed by atoms with Gasteiger partial charge < -0.3 is 10.2 Å². The molecule has 10 heavy (non-hydrogen) atoms. The highest BCUT2D eigenvalue weighted by Crippen LogP contribution is 1.91. The fraction of sp³-hybridized carbons (Fsp3) is 0.200. The van der Waals surface area contributed by atoms with Crippen molar-refractivity contribution >= 4 is 12.2 Å². The molecule has 0 aromatic heterocycles. The number of carboxylic acid groups (broad SMARTS) is 2. The van der Waals surface area contributed by atoms with Crippen molar-refractivity contribution in [3.05, 3.63) is 12.3 Å². The second-order valence-corrected chi connectivity index (χ2v) is 1.42. The largest absolute Gasteiger partial charge is 0.464 e. The number of imide groups is 1. The Balaban J connectivity index is 4.27. The molecule has 0 unspecified atom stereocenters. The minimum Gasteiger partial charge on any atom is -0.464 e. The fourth-order valence-electron chi connectivity index (χ4n) is 0.358. The van der Waals surface area contributed by atoms with E-state index in [1.165, 1.54) is 13.0 Å². The van der Waals surface area contributed by atoms with Crippen molar-refractivity contribution in [2.45, 2.75) is 6.92 Å². The molecule has 0 radical (unpaired) electrons. The van der Waals surface area contributed by atoms with Crippen molar-refractivity contribution < 1.29 is 19.8 Å². The van der Waals surface area contributed by atoms with Crippen LogP contribution in [0.5, 0.6) is 0 Å². The van der Waals surface area contributed by atoms with Gasteiger partial charge in [-0.05, 0) is 6.92 Å². The van der Waals surface area contributed by atoms with Crippen LogP contribution >= 0.6 is 0 Å². The van der Waals surface area contributed by atoms with Crippen molar-refractivity contribution in [2.75, 3.05) is 0 Å². The monoisotopic (exact) mass is 145 g/mol. The van der Waals surface area contributed by atoms with Gasteiger partial charge in [0.15, 0.2) is 0 Å². The van der Waals surface area contributed by atoms with E-state index >= 15 is 0 Å². The maximum Gasteiger partial charge on any atom is 0.421 e. The predicted octanol–water partition coefficient (Wildman–Crippen LogP) is 1.18. The van der Waals surface area contributed by atoms with E-state index in [0.717, 1.165) is 6.20 Å². The first-order valence-corrected chi connectivity index (χ1v) is 2.47. The van der Waals surface area contributed by atoms with E-state index in [1.54, 1.807) is 0 Å². The van der Waals surface area contributed by atoms with Crippen molar-refractivity contribution in [2.24, 2.45) is 0 Å². The van der Waals surface area contributed by atoms with Crippen LogP contribution in [0.4, 0.5) is 9.59 Å². The number of carbonyl (C=O) groups is 2. The van der Waals surface area contributed by atoms with Crippen LogP contribution in [0.25, 0.3) is 0 Å². The molecule has 2 N–H and O–H groups in total. The summed E-state index contributed by atoms with van der Waals surface area (Å²) in [5, 5.41) is 16.3. The van der Waals surface area contributed by atoms with Gasteiger partial charge in [-0.3, -0.25) is 0 Å². The summed E-state index contributed by atoms with van der Waals surface area (Å²) < 4.78 is 0. The summed E-state index contributed by atoms with van der Waals surface area (Å²) in [6.45, 7) is 1.53. The molecule has 0 fully saturated rings. The highest BCUT2D eigenvalue weighted by atomic mass is 16.4. The van der Waals surface area contributed by atoms with Crippen LogP contribution in [0.3, 0.4) is 0 Å². The summed E-state index contributed by atoms with van der Waals surface area (Å²) in [4.78, 5) is 20.2. The van der Waals surface area contributed by atoms with Crippen LogP contribution in [-0.4, -0.2) is 27.3 Å². The smallest absolute Gasteiger partial charge is 0.421 e. The molecule has 0 aliphatic rings. The third-order valence-electron chi connectivity index (χ3n) is 0.710. The molecule has 5 nitrogen and oxygen atoms in total. The molecule has 0 spiro atoms. The molecular formula is C5H7NO4. The molecule has 0 bridgehead atoms. The maximum atomic E-state index is 10.0. The minimum absolute atomic E-state index is 0.167. The summed E-state index contributed by atoms with van der Waals surface area (Å²) in [6, 6.07) is 0. The van der Waals surface area contributed by atoms with Crippen LogP contribution in [0.15, 0.2) is 12.3 Å². The van der Waals surface area contributed by atoms with Gasteiger partial charge >= 0.3 is 12.2 Å². The van der Waals surface area contributed by atoms with Crippen LogP contribution in [-0.2, 0) is 0 Å². The van der Waals surface area contributed by atoms with Gasteiger partial charge in [-0.1, -0.05) is 6.08 Å². The predicted molar refractivity (Wildman–Crippen MR) is 32.7 cm³/mol. The van der Waals surface area contributed by atoms with Gasteiger partial charge in [0.25, 0.3) is 0 Å². The summed E-state index contributed by atoms with van der Waals surface area (Å²) in [5.41, 5.74) is 0. The minimum atomic E-state index is -1.51. The van der Waals surface area contributed by atoms with Gasteiger partial charge in [-0.15, -0.1) is 0 Å². The van der Waals surface area contributed by atoms with Crippen molar-refractivity contribution in [1.82, 2.24) is 4.90 Å². The van der Waals surface area contributed by atoms with Crippen molar-refractivity contribution in [3.63, 3.8) is 0 Å². The average molecular weight is 145 g/mol. The molecule has 0 aromatic carbocycles. The quantitative estimate of drug-likeness (QED) is 0.580. The summed E-state index contributed by atoms with van der Waals surface area (Å²) in [6.07, 6.45) is -0.747. The lowest BCUT2D eigenvalue weighted by Gasteiger charge is -2.05. The Bertz CT molecular complexity index is 160. The van der Waals surface area contributed by atoms with Gasteiger partial charge in [0.2, 0.25) is 0 Å². The number of hydrogen-bond donors (Lipinski definition) is 2. The Labute approximate surface area is 57.2 Å². The second-order valence-electron chi connectivity index (χ2n) is 1.42. The highest BCUT2D eigenvalue weighted by molar-refractivity contribution is 5.86. The van der Waals surface area contributed by atoms with E-state index in [4.69, 9.17) is 10.2 Å². The Morgan fingerprint density at radius 1 is 1.30 bits per heavy atom. The lowest BCUT2D eigenvalue weighted by atomic mass is 10.6. The van der Waals surface area contributed by atoms with E-state index in [-0.39, 0.29) is 4.90 Å². The third kappa shape index (κ3) is 2.17. The molecule has 0 aliphatic carbocycles. The normalized spacial score (nSPS) is 9.70. The summed E-state index contributed by atoms with van der Waals surface area (Å²) in [7, 11) is 0. The first-order chi connectivity index (χ1) is 4.59. The zero-order chi connectivity index (χ0) is 8.15. The second kappa shape index (κ2) is 3.49. The molecule has 0 aliphatic heterocycles. The number of rotatable bonds is 1. The van der Waals surface area contributed by atoms with E-state index in [0.29, 0.717) is 0 Å². The van der Waals surface area contributed by atoms with Crippen molar-refractivity contribution in [3.8, 4) is 0 Å². The number of amides is 2. The maximum absolute atomic E-state index is 10.0. The van der Waals surface area contributed by atoms with Crippen LogP contribution in [0.2, 0.25) is 0 Å². The molecule has 2 amide bonds. The molecule has 0 aromatic rings. The molecule has 5 heteroatoms. The Morgan fingerprint density at radius 2 is 1.70 bits per heavy atom. The van der Waals surface area contributed by atoms with Gasteiger partial charge in [-0.25, -0.2) is 9.59 Å². The summed E-state index contributed by atoms with van der Waals surface area (Å²) in [5.74, 6) is 0. The van der Waals surface area contributed by atoms with Gasteiger partial charge in [0.1, 0.15) is 0 Å². The topological polar surface area (TPSA) is 77.8 Å². The number of allylic oxidation sites excluding steroid dienone is 1. The molecule has 0 atom stereocenters. The van der Waals surface area contributed by atoms with Crippen LogP contribution < -0.4 is 0 Å². The number of hydrogen-bond acceptors (Lipinski definition) is 2. The lowest BCUT2D eigenvalue weighted by molar-refractivity contribution is 0.139. The summed E-state index contributed by atoms with van der Waals surface area (Å²) >= 11 is 0. The van der Waals surface area contributed by atoms with E-state index in [1.807, 2.05) is 0 Å². The zero-order valence-corrected chi connectivity index (χ0v) is 5.31. The molecule has 0 saturated heterocycles. The average Bonchev–Trinajstić information content (AvgIpc) is 1.81. The first-order valence-electron chi connectivity index (χ1n) is 2.47. The molecule has 0 rings (SSSR count). The van der Waals surface area contributed by atoms with E-state index in [9.17, 15) is 9.59 Å². The van der Waals surface area contributed by atoms with Crippen LogP contribution in [0, 0.1) is 0 Å². The van der Waals surface area contributed by atoms with Gasteiger partial charge in [0.05, 0.1) is 0 Å². The van der Waals surface area contributed by atoms with Gasteiger partial charge in [0, 0.05) is 6.20 Å². The standard InChI is InChI=1S/C5H7NO4/c1-2-3-6(4(7)8)5(9)10/h2-3H,1H3,(H,7,8)(H,9,10). The molecule has 56 valence electrons.